The Labute approximate surface area is 603 Å². The summed E-state index contributed by atoms with van der Waals surface area (Å²) in [6, 6.07) is 44.9. The minimum atomic E-state index is -0.470. The number of alkyl carbamates (subject to hydrolysis) is 3. The molecule has 6 aromatic carbocycles. The van der Waals surface area contributed by atoms with Gasteiger partial charge in [0.05, 0.1) is 67.0 Å². The zero-order valence-corrected chi connectivity index (χ0v) is 58.0. The molecular weight excluding hydrogens is 1360 g/mol. The Kier molecular flexibility index (Phi) is 21.6. The molecule has 3 aromatic heterocycles. The Morgan fingerprint density at radius 3 is 0.941 bits per heavy atom. The molecule has 15 rings (SSSR count). The molecule has 1 unspecified atom stereocenters. The van der Waals surface area contributed by atoms with Gasteiger partial charge < -0.3 is 63.3 Å². The average molecular weight is 1440 g/mol. The first-order valence-electron chi connectivity index (χ1n) is 34.2. The summed E-state index contributed by atoms with van der Waals surface area (Å²) >= 11 is 19.0. The number of amides is 3. The summed E-state index contributed by atoms with van der Waals surface area (Å²) in [6.07, 6.45) is 5.96. The lowest BCUT2D eigenvalue weighted by Gasteiger charge is -2.26. The summed E-state index contributed by atoms with van der Waals surface area (Å²) in [5.41, 5.74) is 31.8. The van der Waals surface area contributed by atoms with E-state index in [0.717, 1.165) is 84.2 Å². The van der Waals surface area contributed by atoms with E-state index in [4.69, 9.17) is 66.2 Å². The second kappa shape index (κ2) is 31.5. The van der Waals surface area contributed by atoms with Crippen molar-refractivity contribution in [2.24, 2.45) is 0 Å². The van der Waals surface area contributed by atoms with E-state index in [9.17, 15) is 28.8 Å². The van der Waals surface area contributed by atoms with Crippen LogP contribution >= 0.6 is 34.8 Å². The van der Waals surface area contributed by atoms with E-state index < -0.39 is 18.3 Å². The van der Waals surface area contributed by atoms with Crippen LogP contribution in [0.25, 0.3) is 0 Å². The van der Waals surface area contributed by atoms with E-state index >= 15 is 0 Å². The molecule has 24 nitrogen and oxygen atoms in total. The van der Waals surface area contributed by atoms with Crippen LogP contribution in [-0.2, 0) is 72.6 Å². The Morgan fingerprint density at radius 2 is 0.667 bits per heavy atom. The van der Waals surface area contributed by atoms with Crippen LogP contribution in [0.2, 0.25) is 15.1 Å². The van der Waals surface area contributed by atoms with E-state index in [1.165, 1.54) is 14.0 Å². The van der Waals surface area contributed by atoms with Crippen molar-refractivity contribution in [3.63, 3.8) is 0 Å². The van der Waals surface area contributed by atoms with Gasteiger partial charge in [0.2, 0.25) is 0 Å². The van der Waals surface area contributed by atoms with Gasteiger partial charge in [-0.2, -0.15) is 29.3 Å². The van der Waals surface area contributed by atoms with Crippen LogP contribution < -0.4 is 49.1 Å². The number of carbonyl (C=O) groups excluding carboxylic acids is 6. The summed E-state index contributed by atoms with van der Waals surface area (Å²) in [4.78, 5) is 77.2. The number of hydrogen-bond donors (Lipinski definition) is 9. The number of rotatable bonds is 12. The summed E-state index contributed by atoms with van der Waals surface area (Å²) < 4.78 is 20.0. The number of fused-ring (bicyclic) bond motifs is 6. The maximum Gasteiger partial charge on any atom is 0.407 e. The summed E-state index contributed by atoms with van der Waals surface area (Å²) in [5, 5.41) is 34.0. The molecule has 3 aliphatic heterocycles. The Hall–Kier alpha value is -10.6. The fourth-order valence-corrected chi connectivity index (χ4v) is 15.0. The molecule has 0 saturated heterocycles. The zero-order valence-electron chi connectivity index (χ0n) is 55.8. The second-order valence-corrected chi connectivity index (χ2v) is 27.3. The number of anilines is 6. The smallest absolute Gasteiger partial charge is 0.407 e. The Balaban J connectivity index is 0.000000137. The third kappa shape index (κ3) is 15.6. The standard InChI is InChI=1S/3C25H26ClN5O3/c3*26-20-8-4-7-17-18(11-12-28-22(17)20)24(32)31-23(27)19-13-16(9-10-21(19)30-31)29-25(33)34-14-15-5-2-1-3-6-15/h3*1-8,16,18,28H,9-14,27H2,(H,29,33)/t16-,18?;16-,18+;16-,18-/m000/s1. The molecule has 0 saturated carbocycles. The molecule has 3 amide bonds. The molecule has 3 aliphatic carbocycles. The number of nitrogens with one attached hydrogen (secondary N) is 6. The van der Waals surface area contributed by atoms with E-state index in [2.05, 4.69) is 47.2 Å². The van der Waals surface area contributed by atoms with Crippen LogP contribution in [0, 0.1) is 0 Å². The highest BCUT2D eigenvalue weighted by Crippen LogP contribution is 2.42. The summed E-state index contributed by atoms with van der Waals surface area (Å²) in [7, 11) is 0. The molecule has 6 heterocycles. The van der Waals surface area contributed by atoms with E-state index in [1.54, 1.807) is 18.2 Å². The summed E-state index contributed by atoms with van der Waals surface area (Å²) in [5.74, 6) is -0.596. The van der Waals surface area contributed by atoms with Crippen molar-refractivity contribution in [3.05, 3.63) is 228 Å². The van der Waals surface area contributed by atoms with E-state index in [1.807, 2.05) is 127 Å². The predicted molar refractivity (Wildman–Crippen MR) is 390 cm³/mol. The van der Waals surface area contributed by atoms with Crippen LogP contribution in [0.3, 0.4) is 0 Å². The lowest BCUT2D eigenvalue weighted by atomic mass is 9.90. The lowest BCUT2D eigenvalue weighted by molar-refractivity contribution is 0.0851. The van der Waals surface area contributed by atoms with Crippen LogP contribution in [0.4, 0.5) is 48.9 Å². The zero-order chi connectivity index (χ0) is 71.0. The molecule has 27 heteroatoms. The molecule has 9 aromatic rings. The van der Waals surface area contributed by atoms with Gasteiger partial charge in [-0.15, -0.1) is 0 Å². The number of aromatic nitrogens is 6. The monoisotopic (exact) mass is 1440 g/mol. The molecule has 6 atom stereocenters. The number of para-hydroxylation sites is 3. The van der Waals surface area contributed by atoms with Gasteiger partial charge in [0, 0.05) is 54.5 Å². The first kappa shape index (κ1) is 69.9. The first-order valence-corrected chi connectivity index (χ1v) is 35.4. The first-order chi connectivity index (χ1) is 49.5. The molecular formula is C75H78Cl3N15O9. The normalized spacial score (nSPS) is 18.9. The molecule has 6 aliphatic rings. The quantitative estimate of drug-likeness (QED) is 0.0513. The van der Waals surface area contributed by atoms with Crippen molar-refractivity contribution in [1.82, 2.24) is 45.3 Å². The Morgan fingerprint density at radius 1 is 0.392 bits per heavy atom. The SMILES string of the molecule is Nc1c2c(nn1C(=O)C1CCNc3c(Cl)cccc31)CC[C@H](NC(=O)OCc1ccccc1)C2.Nc1c2c(nn1C(=O)[C@@H]1CCNc3c(Cl)cccc31)CC[C@H](NC(=O)OCc1ccccc1)C2.Nc1c2c(nn1C(=O)[C@H]1CCNc3c(Cl)cccc31)CC[C@H](NC(=O)OCc1ccccc1)C2. The number of ether oxygens (including phenoxy) is 3. The molecule has 12 N–H and O–H groups in total. The van der Waals surface area contributed by atoms with E-state index in [-0.39, 0.29) is 73.4 Å². The molecule has 102 heavy (non-hydrogen) atoms. The number of nitrogen functional groups attached to an aromatic ring is 3. The summed E-state index contributed by atoms with van der Waals surface area (Å²) in [6.45, 7) is 2.56. The van der Waals surface area contributed by atoms with Crippen molar-refractivity contribution in [3.8, 4) is 0 Å². The average Bonchev–Trinajstić information content (AvgIpc) is 1.42. The molecule has 0 radical (unpaired) electrons. The lowest BCUT2D eigenvalue weighted by Crippen LogP contribution is -2.39. The van der Waals surface area contributed by atoms with Gasteiger partial charge in [0.25, 0.3) is 17.7 Å². The third-order valence-corrected chi connectivity index (χ3v) is 20.4. The van der Waals surface area contributed by atoms with Crippen molar-refractivity contribution >= 4 is 105 Å². The highest BCUT2D eigenvalue weighted by atomic mass is 35.5. The molecule has 0 fully saturated rings. The number of aryl methyl sites for hydroxylation is 3. The van der Waals surface area contributed by atoms with Crippen LogP contribution in [-0.4, -0.2) is 103 Å². The van der Waals surface area contributed by atoms with Crippen molar-refractivity contribution in [2.45, 2.75) is 133 Å². The molecule has 0 bridgehead atoms. The van der Waals surface area contributed by atoms with Crippen LogP contribution in [0.15, 0.2) is 146 Å². The fraction of sp³-hybridized carbons (Fsp3) is 0.320. The van der Waals surface area contributed by atoms with Gasteiger partial charge >= 0.3 is 18.3 Å². The van der Waals surface area contributed by atoms with Gasteiger partial charge in [0.15, 0.2) is 0 Å². The maximum absolute atomic E-state index is 13.5. The second-order valence-electron chi connectivity index (χ2n) is 26.0. The van der Waals surface area contributed by atoms with Gasteiger partial charge in [-0.25, -0.2) is 14.4 Å². The van der Waals surface area contributed by atoms with Crippen molar-refractivity contribution in [2.75, 3.05) is 52.8 Å². The number of nitrogens with zero attached hydrogens (tertiary/aromatic N) is 6. The van der Waals surface area contributed by atoms with Crippen LogP contribution in [0.1, 0.15) is 138 Å². The largest absolute Gasteiger partial charge is 0.445 e. The number of halogens is 3. The molecule has 528 valence electrons. The fourth-order valence-electron chi connectivity index (χ4n) is 14.2. The maximum atomic E-state index is 13.5. The number of hydrogen-bond acceptors (Lipinski definition) is 18. The van der Waals surface area contributed by atoms with Gasteiger partial charge in [0.1, 0.15) is 37.3 Å². The highest BCUT2D eigenvalue weighted by molar-refractivity contribution is 6.34. The predicted octanol–water partition coefficient (Wildman–Crippen LogP) is 12.4. The van der Waals surface area contributed by atoms with Gasteiger partial charge in [-0.1, -0.05) is 162 Å². The third-order valence-electron chi connectivity index (χ3n) is 19.5. The van der Waals surface area contributed by atoms with Gasteiger partial charge in [-0.05, 0) is 129 Å². The number of carbonyl (C=O) groups is 6. The van der Waals surface area contributed by atoms with Gasteiger partial charge in [-0.3, -0.25) is 14.4 Å². The highest BCUT2D eigenvalue weighted by Gasteiger charge is 2.38. The topological polar surface area (TPSA) is 334 Å². The minimum absolute atomic E-state index is 0.135. The minimum Gasteiger partial charge on any atom is -0.445 e. The van der Waals surface area contributed by atoms with E-state index in [0.29, 0.717) is 129 Å². The van der Waals surface area contributed by atoms with Crippen molar-refractivity contribution < 1.29 is 43.0 Å². The van der Waals surface area contributed by atoms with Crippen molar-refractivity contribution in [1.29, 1.82) is 0 Å². The number of benzene rings is 6. The van der Waals surface area contributed by atoms with Crippen LogP contribution in [0.5, 0.6) is 0 Å². The molecule has 0 spiro atoms. The number of nitrogens with two attached hydrogens (primary N) is 3. The Bertz CT molecular complexity index is 4140.